The van der Waals surface area contributed by atoms with Crippen molar-refractivity contribution in [3.8, 4) is 0 Å². The molecule has 0 radical (unpaired) electrons. The van der Waals surface area contributed by atoms with Gasteiger partial charge in [-0.1, -0.05) is 0 Å². The Bertz CT molecular complexity index is 406. The maximum atomic E-state index is 10.3. The molecule has 0 bridgehead atoms. The van der Waals surface area contributed by atoms with E-state index in [4.69, 9.17) is 4.74 Å². The summed E-state index contributed by atoms with van der Waals surface area (Å²) in [7, 11) is 2.08. The molecule has 0 unspecified atom stereocenters. The van der Waals surface area contributed by atoms with Crippen LogP contribution in [0.25, 0.3) is 0 Å². The number of rotatable bonds is 4. The number of ether oxygens (including phenoxy) is 1. The quantitative estimate of drug-likeness (QED) is 0.848. The average Bonchev–Trinajstić information content (AvgIpc) is 2.58. The third-order valence-electron chi connectivity index (χ3n) is 4.07. The van der Waals surface area contributed by atoms with Gasteiger partial charge in [-0.2, -0.15) is 0 Å². The van der Waals surface area contributed by atoms with Crippen LogP contribution in [0.1, 0.15) is 29.8 Å². The molecule has 102 valence electrons. The minimum absolute atomic E-state index is 0.587. The fourth-order valence-electron chi connectivity index (χ4n) is 2.47. The van der Waals surface area contributed by atoms with Crippen LogP contribution in [0.4, 0.5) is 0 Å². The zero-order valence-electron chi connectivity index (χ0n) is 11.6. The number of aliphatic hydroxyl groups is 1. The van der Waals surface area contributed by atoms with E-state index < -0.39 is 5.60 Å². The fourth-order valence-corrected chi connectivity index (χ4v) is 2.47. The second kappa shape index (κ2) is 5.43. The Morgan fingerprint density at radius 1 is 1.39 bits per heavy atom. The van der Waals surface area contributed by atoms with E-state index in [1.54, 1.807) is 0 Å². The predicted molar refractivity (Wildman–Crippen MR) is 71.6 cm³/mol. The molecular formula is C14H24N2O2. The van der Waals surface area contributed by atoms with E-state index in [1.165, 1.54) is 17.0 Å². The summed E-state index contributed by atoms with van der Waals surface area (Å²) in [6, 6.07) is 2.20. The predicted octanol–water partition coefficient (Wildman–Crippen LogP) is 1.27. The van der Waals surface area contributed by atoms with Crippen molar-refractivity contribution in [2.75, 3.05) is 19.8 Å². The van der Waals surface area contributed by atoms with Crippen molar-refractivity contribution in [2.24, 2.45) is 7.05 Å². The first kappa shape index (κ1) is 13.6. The zero-order chi connectivity index (χ0) is 13.2. The summed E-state index contributed by atoms with van der Waals surface area (Å²) >= 11 is 0. The summed E-state index contributed by atoms with van der Waals surface area (Å²) in [6.45, 7) is 7.04. The molecule has 1 saturated heterocycles. The van der Waals surface area contributed by atoms with E-state index in [9.17, 15) is 5.11 Å². The molecule has 0 aromatic carbocycles. The van der Waals surface area contributed by atoms with Gasteiger partial charge in [0.1, 0.15) is 0 Å². The number of nitrogens with zero attached hydrogens (tertiary/aromatic N) is 1. The number of hydrogen-bond donors (Lipinski definition) is 2. The second-order valence-corrected chi connectivity index (χ2v) is 5.40. The van der Waals surface area contributed by atoms with E-state index in [-0.39, 0.29) is 0 Å². The first-order valence-corrected chi connectivity index (χ1v) is 6.64. The van der Waals surface area contributed by atoms with Gasteiger partial charge in [0.05, 0.1) is 5.60 Å². The molecule has 18 heavy (non-hydrogen) atoms. The SMILES string of the molecule is Cc1cc(CNCC2(O)CCOCC2)c(C)n1C. The normalized spacial score (nSPS) is 19.1. The van der Waals surface area contributed by atoms with Gasteiger partial charge in [-0.05, 0) is 25.5 Å². The monoisotopic (exact) mass is 252 g/mol. The lowest BCUT2D eigenvalue weighted by molar-refractivity contribution is -0.0617. The summed E-state index contributed by atoms with van der Waals surface area (Å²) in [4.78, 5) is 0. The lowest BCUT2D eigenvalue weighted by Crippen LogP contribution is -2.44. The number of aromatic nitrogens is 1. The molecule has 4 heteroatoms. The van der Waals surface area contributed by atoms with Gasteiger partial charge in [0, 0.05) is 57.6 Å². The van der Waals surface area contributed by atoms with Crippen LogP contribution in [0.2, 0.25) is 0 Å². The molecular weight excluding hydrogens is 228 g/mol. The Hall–Kier alpha value is -0.840. The van der Waals surface area contributed by atoms with Crippen LogP contribution in [-0.2, 0) is 18.3 Å². The molecule has 0 amide bonds. The van der Waals surface area contributed by atoms with Crippen molar-refractivity contribution < 1.29 is 9.84 Å². The summed E-state index contributed by atoms with van der Waals surface area (Å²) in [5.74, 6) is 0. The van der Waals surface area contributed by atoms with E-state index in [0.29, 0.717) is 19.8 Å². The minimum atomic E-state index is -0.587. The zero-order valence-corrected chi connectivity index (χ0v) is 11.6. The Morgan fingerprint density at radius 2 is 2.06 bits per heavy atom. The maximum absolute atomic E-state index is 10.3. The smallest absolute Gasteiger partial charge is 0.0815 e. The minimum Gasteiger partial charge on any atom is -0.388 e. The van der Waals surface area contributed by atoms with Gasteiger partial charge >= 0.3 is 0 Å². The number of aryl methyl sites for hydroxylation is 1. The fraction of sp³-hybridized carbons (Fsp3) is 0.714. The van der Waals surface area contributed by atoms with Gasteiger partial charge in [0.25, 0.3) is 0 Å². The van der Waals surface area contributed by atoms with Crippen LogP contribution < -0.4 is 5.32 Å². The molecule has 2 N–H and O–H groups in total. The highest BCUT2D eigenvalue weighted by atomic mass is 16.5. The van der Waals surface area contributed by atoms with Crippen LogP contribution in [-0.4, -0.2) is 35.0 Å². The van der Waals surface area contributed by atoms with Crippen molar-refractivity contribution in [3.63, 3.8) is 0 Å². The first-order chi connectivity index (χ1) is 8.52. The van der Waals surface area contributed by atoms with Gasteiger partial charge in [-0.25, -0.2) is 0 Å². The second-order valence-electron chi connectivity index (χ2n) is 5.40. The highest BCUT2D eigenvalue weighted by molar-refractivity contribution is 5.26. The molecule has 0 aliphatic carbocycles. The topological polar surface area (TPSA) is 46.4 Å². The third kappa shape index (κ3) is 2.94. The molecule has 1 aromatic heterocycles. The standard InChI is InChI=1S/C14H24N2O2/c1-11-8-13(12(2)16(11)3)9-15-10-14(17)4-6-18-7-5-14/h8,15,17H,4-7,9-10H2,1-3H3. The van der Waals surface area contributed by atoms with Crippen LogP contribution in [0.5, 0.6) is 0 Å². The Morgan fingerprint density at radius 3 is 2.61 bits per heavy atom. The average molecular weight is 252 g/mol. The first-order valence-electron chi connectivity index (χ1n) is 6.64. The van der Waals surface area contributed by atoms with Crippen LogP contribution >= 0.6 is 0 Å². The Kier molecular flexibility index (Phi) is 4.10. The van der Waals surface area contributed by atoms with Crippen molar-refractivity contribution in [3.05, 3.63) is 23.0 Å². The van der Waals surface area contributed by atoms with E-state index >= 15 is 0 Å². The van der Waals surface area contributed by atoms with Crippen LogP contribution in [0, 0.1) is 13.8 Å². The summed E-state index contributed by atoms with van der Waals surface area (Å²) in [5, 5.41) is 13.7. The van der Waals surface area contributed by atoms with Crippen molar-refractivity contribution in [2.45, 2.75) is 38.8 Å². The van der Waals surface area contributed by atoms with Gasteiger partial charge < -0.3 is 19.7 Å². The Labute approximate surface area is 109 Å². The summed E-state index contributed by atoms with van der Waals surface area (Å²) in [5.41, 5.74) is 3.29. The van der Waals surface area contributed by atoms with Crippen LogP contribution in [0.3, 0.4) is 0 Å². The Balaban J connectivity index is 1.86. The van der Waals surface area contributed by atoms with E-state index in [1.807, 2.05) is 0 Å². The summed E-state index contributed by atoms with van der Waals surface area (Å²) < 4.78 is 7.47. The number of hydrogen-bond acceptors (Lipinski definition) is 3. The molecule has 4 nitrogen and oxygen atoms in total. The van der Waals surface area contributed by atoms with E-state index in [2.05, 4.69) is 36.8 Å². The van der Waals surface area contributed by atoms with Crippen molar-refractivity contribution >= 4 is 0 Å². The maximum Gasteiger partial charge on any atom is 0.0815 e. The molecule has 1 fully saturated rings. The van der Waals surface area contributed by atoms with Gasteiger partial charge in [0.2, 0.25) is 0 Å². The molecule has 2 rings (SSSR count). The molecule has 0 saturated carbocycles. The lowest BCUT2D eigenvalue weighted by atomic mass is 9.94. The molecule has 1 aromatic rings. The summed E-state index contributed by atoms with van der Waals surface area (Å²) in [6.07, 6.45) is 1.46. The molecule has 1 aliphatic rings. The molecule has 0 spiro atoms. The molecule has 1 aliphatic heterocycles. The molecule has 0 atom stereocenters. The van der Waals surface area contributed by atoms with Crippen molar-refractivity contribution in [1.82, 2.24) is 9.88 Å². The third-order valence-corrected chi connectivity index (χ3v) is 4.07. The van der Waals surface area contributed by atoms with Crippen LogP contribution in [0.15, 0.2) is 6.07 Å². The van der Waals surface area contributed by atoms with Gasteiger partial charge in [-0.3, -0.25) is 0 Å². The molecule has 2 heterocycles. The van der Waals surface area contributed by atoms with Gasteiger partial charge in [0.15, 0.2) is 0 Å². The van der Waals surface area contributed by atoms with Gasteiger partial charge in [-0.15, -0.1) is 0 Å². The largest absolute Gasteiger partial charge is 0.388 e. The van der Waals surface area contributed by atoms with Crippen molar-refractivity contribution in [1.29, 1.82) is 0 Å². The number of nitrogens with one attached hydrogen (secondary N) is 1. The van der Waals surface area contributed by atoms with E-state index in [0.717, 1.165) is 19.4 Å². The highest BCUT2D eigenvalue weighted by Crippen LogP contribution is 2.20. The highest BCUT2D eigenvalue weighted by Gasteiger charge is 2.29. The lowest BCUT2D eigenvalue weighted by Gasteiger charge is -2.32.